The van der Waals surface area contributed by atoms with Gasteiger partial charge in [-0.2, -0.15) is 10.2 Å². The van der Waals surface area contributed by atoms with Gasteiger partial charge in [-0.15, -0.1) is 0 Å². The number of rotatable bonds is 3. The molecule has 0 saturated heterocycles. The highest BCUT2D eigenvalue weighted by molar-refractivity contribution is 6.45. The Hall–Kier alpha value is -3.17. The van der Waals surface area contributed by atoms with Crippen molar-refractivity contribution in [2.75, 3.05) is 13.7 Å². The number of nitrogens with zero attached hydrogens (tertiary/aromatic N) is 7. The summed E-state index contributed by atoms with van der Waals surface area (Å²) in [4.78, 5) is 23.3. The SMILES string of the molecule is COc1cnc(C(=O)N2CCn3nc4c(Cl)c(Cl)cc(-c5ccn(C)n5)c4c3[C@H]2C)nc1. The monoisotopic (exact) mass is 471 g/mol. The number of carbonyl (C=O) groups is 1. The van der Waals surface area contributed by atoms with Gasteiger partial charge in [0.1, 0.15) is 5.52 Å². The Balaban J connectivity index is 1.63. The van der Waals surface area contributed by atoms with Gasteiger partial charge in [0.15, 0.2) is 5.75 Å². The maximum atomic E-state index is 13.2. The summed E-state index contributed by atoms with van der Waals surface area (Å²) in [5.41, 5.74) is 3.03. The van der Waals surface area contributed by atoms with Crippen LogP contribution in [0.4, 0.5) is 0 Å². The van der Waals surface area contributed by atoms with Crippen LogP contribution in [0.1, 0.15) is 29.3 Å². The fourth-order valence-corrected chi connectivity index (χ4v) is 4.49. The Kier molecular flexibility index (Phi) is 5.02. The Morgan fingerprint density at radius 2 is 1.94 bits per heavy atom. The fourth-order valence-electron chi connectivity index (χ4n) is 4.11. The molecule has 0 radical (unpaired) electrons. The van der Waals surface area contributed by atoms with E-state index in [0.717, 1.165) is 22.3 Å². The molecule has 0 saturated carbocycles. The van der Waals surface area contributed by atoms with Crippen LogP contribution in [-0.4, -0.2) is 54.0 Å². The van der Waals surface area contributed by atoms with Crippen LogP contribution in [0.2, 0.25) is 10.0 Å². The third kappa shape index (κ3) is 3.20. The second-order valence-electron chi connectivity index (χ2n) is 7.55. The minimum atomic E-state index is -0.299. The number of benzene rings is 1. The van der Waals surface area contributed by atoms with Gasteiger partial charge < -0.3 is 9.64 Å². The van der Waals surface area contributed by atoms with Crippen LogP contribution in [0.25, 0.3) is 22.2 Å². The van der Waals surface area contributed by atoms with Crippen molar-refractivity contribution in [2.45, 2.75) is 19.5 Å². The molecule has 4 aromatic rings. The number of carbonyl (C=O) groups excluding carboxylic acids is 1. The predicted molar refractivity (Wildman–Crippen MR) is 120 cm³/mol. The summed E-state index contributed by atoms with van der Waals surface area (Å²) in [6, 6.07) is 3.41. The predicted octanol–water partition coefficient (Wildman–Crippen LogP) is 3.76. The van der Waals surface area contributed by atoms with Crippen LogP contribution in [0.15, 0.2) is 30.7 Å². The van der Waals surface area contributed by atoms with Crippen molar-refractivity contribution in [2.24, 2.45) is 7.05 Å². The molecule has 0 spiro atoms. The van der Waals surface area contributed by atoms with Crippen molar-refractivity contribution in [3.63, 3.8) is 0 Å². The Labute approximate surface area is 193 Å². The number of halogens is 2. The first-order chi connectivity index (χ1) is 15.4. The standard InChI is InChI=1S/C21H19Cl2N7O2/c1-11-19-16-13(15-4-5-28(2)26-15)8-14(22)17(23)18(16)27-30(19)7-6-29(11)21(31)20-24-9-12(32-3)10-25-20/h4-5,8-11H,6-7H2,1-3H3/t11-/m1/s1. The zero-order valence-corrected chi connectivity index (χ0v) is 19.1. The number of ether oxygens (including phenoxy) is 1. The normalized spacial score (nSPS) is 15.8. The first-order valence-corrected chi connectivity index (χ1v) is 10.7. The van der Waals surface area contributed by atoms with Gasteiger partial charge in [0.2, 0.25) is 5.82 Å². The minimum absolute atomic E-state index is 0.112. The van der Waals surface area contributed by atoms with Crippen molar-refractivity contribution < 1.29 is 9.53 Å². The number of amides is 1. The highest BCUT2D eigenvalue weighted by atomic mass is 35.5. The summed E-state index contributed by atoms with van der Waals surface area (Å²) < 4.78 is 8.70. The van der Waals surface area contributed by atoms with E-state index < -0.39 is 0 Å². The molecule has 0 N–H and O–H groups in total. The quantitative estimate of drug-likeness (QED) is 0.451. The van der Waals surface area contributed by atoms with Gasteiger partial charge in [0.05, 0.1) is 53.5 Å². The third-order valence-electron chi connectivity index (χ3n) is 5.67. The van der Waals surface area contributed by atoms with E-state index in [1.54, 1.807) is 15.6 Å². The third-order valence-corrected chi connectivity index (χ3v) is 6.45. The van der Waals surface area contributed by atoms with E-state index in [4.69, 9.17) is 33.0 Å². The lowest BCUT2D eigenvalue weighted by Crippen LogP contribution is -2.41. The molecular weight excluding hydrogens is 453 g/mol. The van der Waals surface area contributed by atoms with Crippen LogP contribution in [0, 0.1) is 0 Å². The van der Waals surface area contributed by atoms with Crippen molar-refractivity contribution in [3.05, 3.63) is 52.3 Å². The molecule has 0 unspecified atom stereocenters. The molecule has 3 aromatic heterocycles. The summed E-state index contributed by atoms with van der Waals surface area (Å²) in [5, 5.41) is 10.9. The number of hydrogen-bond donors (Lipinski definition) is 0. The smallest absolute Gasteiger partial charge is 0.292 e. The average Bonchev–Trinajstić information content (AvgIpc) is 3.40. The lowest BCUT2D eigenvalue weighted by Gasteiger charge is -2.34. The van der Waals surface area contributed by atoms with E-state index in [1.807, 2.05) is 30.9 Å². The van der Waals surface area contributed by atoms with Crippen LogP contribution >= 0.6 is 23.2 Å². The molecule has 4 heterocycles. The molecular formula is C21H19Cl2N7O2. The maximum Gasteiger partial charge on any atom is 0.292 e. The first-order valence-electron chi connectivity index (χ1n) is 9.94. The molecule has 0 bridgehead atoms. The molecule has 9 nitrogen and oxygen atoms in total. The largest absolute Gasteiger partial charge is 0.494 e. The van der Waals surface area contributed by atoms with Crippen LogP contribution in [0.5, 0.6) is 5.75 Å². The summed E-state index contributed by atoms with van der Waals surface area (Å²) in [5.74, 6) is 0.338. The highest BCUT2D eigenvalue weighted by Crippen LogP contribution is 2.42. The zero-order valence-electron chi connectivity index (χ0n) is 17.6. The van der Waals surface area contributed by atoms with Gasteiger partial charge in [-0.1, -0.05) is 23.2 Å². The highest BCUT2D eigenvalue weighted by Gasteiger charge is 2.34. The number of aryl methyl sites for hydroxylation is 1. The van der Waals surface area contributed by atoms with Crippen molar-refractivity contribution in [3.8, 4) is 17.0 Å². The molecule has 1 aliphatic heterocycles. The van der Waals surface area contributed by atoms with E-state index >= 15 is 0 Å². The Morgan fingerprint density at radius 1 is 1.19 bits per heavy atom. The lowest BCUT2D eigenvalue weighted by molar-refractivity contribution is 0.0626. The van der Waals surface area contributed by atoms with Gasteiger partial charge in [-0.05, 0) is 19.1 Å². The van der Waals surface area contributed by atoms with Crippen LogP contribution in [-0.2, 0) is 13.6 Å². The number of aromatic nitrogens is 6. The van der Waals surface area contributed by atoms with E-state index in [2.05, 4.69) is 15.1 Å². The van der Waals surface area contributed by atoms with Gasteiger partial charge in [0, 0.05) is 30.7 Å². The Bertz CT molecular complexity index is 1350. The van der Waals surface area contributed by atoms with Gasteiger partial charge in [-0.25, -0.2) is 9.97 Å². The topological polar surface area (TPSA) is 91.0 Å². The number of hydrogen-bond acceptors (Lipinski definition) is 6. The van der Waals surface area contributed by atoms with Crippen molar-refractivity contribution >= 4 is 40.0 Å². The summed E-state index contributed by atoms with van der Waals surface area (Å²) in [6.07, 6.45) is 4.82. The summed E-state index contributed by atoms with van der Waals surface area (Å²) in [6.45, 7) is 2.92. The molecule has 11 heteroatoms. The minimum Gasteiger partial charge on any atom is -0.494 e. The number of methoxy groups -OCH3 is 1. The molecule has 0 fully saturated rings. The lowest BCUT2D eigenvalue weighted by atomic mass is 10.00. The molecule has 1 atom stereocenters. The second-order valence-corrected chi connectivity index (χ2v) is 8.33. The fraction of sp³-hybridized carbons (Fsp3) is 0.286. The molecule has 32 heavy (non-hydrogen) atoms. The molecule has 5 rings (SSSR count). The molecule has 1 amide bonds. The van der Waals surface area contributed by atoms with E-state index in [9.17, 15) is 4.79 Å². The molecule has 1 aromatic carbocycles. The zero-order chi connectivity index (χ0) is 22.6. The van der Waals surface area contributed by atoms with Crippen LogP contribution < -0.4 is 4.74 Å². The molecule has 0 aliphatic carbocycles. The maximum absolute atomic E-state index is 13.2. The van der Waals surface area contributed by atoms with Gasteiger partial charge in [-0.3, -0.25) is 14.2 Å². The average molecular weight is 472 g/mol. The number of fused-ring (bicyclic) bond motifs is 3. The first kappa shape index (κ1) is 20.7. The summed E-state index contributed by atoms with van der Waals surface area (Å²) in [7, 11) is 3.37. The second kappa shape index (κ2) is 7.75. The molecule has 1 aliphatic rings. The van der Waals surface area contributed by atoms with E-state index in [0.29, 0.717) is 34.4 Å². The summed E-state index contributed by atoms with van der Waals surface area (Å²) >= 11 is 13.0. The van der Waals surface area contributed by atoms with E-state index in [1.165, 1.54) is 19.5 Å². The van der Waals surface area contributed by atoms with Gasteiger partial charge in [0.25, 0.3) is 5.91 Å². The molecule has 164 valence electrons. The van der Waals surface area contributed by atoms with Crippen molar-refractivity contribution in [1.29, 1.82) is 0 Å². The van der Waals surface area contributed by atoms with Gasteiger partial charge >= 0.3 is 0 Å². The van der Waals surface area contributed by atoms with E-state index in [-0.39, 0.29) is 17.8 Å². The van der Waals surface area contributed by atoms with Crippen molar-refractivity contribution in [1.82, 2.24) is 34.4 Å². The van der Waals surface area contributed by atoms with Crippen LogP contribution in [0.3, 0.4) is 0 Å². The Morgan fingerprint density at radius 3 is 2.59 bits per heavy atom.